The predicted octanol–water partition coefficient (Wildman–Crippen LogP) is 4.22. The van der Waals surface area contributed by atoms with E-state index < -0.39 is 10.2 Å². The zero-order chi connectivity index (χ0) is 29.1. The van der Waals surface area contributed by atoms with Crippen LogP contribution in [0.15, 0.2) is 97.1 Å². The predicted molar refractivity (Wildman–Crippen MR) is 157 cm³/mol. The SMILES string of the molecule is Nc1ccccc1-c1nc2ccccc2[nH]1.Nc1ccccc1-c1nc2ccccc2[nH]1.O=[N+]([O-])[O-].O=[N+]([O-])[O-].[OH3+].[Zn+2]. The number of nitrogens with one attached hydrogen (secondary N) is 2. The number of fused-ring (bicyclic) bond motifs is 2. The summed E-state index contributed by atoms with van der Waals surface area (Å²) in [5.74, 6) is 1.64. The Bertz CT molecular complexity index is 1540. The molecular weight excluding hydrogens is 602 g/mol. The summed E-state index contributed by atoms with van der Waals surface area (Å²) in [5, 5.41) is 29.5. The average molecular weight is 627 g/mol. The minimum absolute atomic E-state index is 0. The van der Waals surface area contributed by atoms with Crippen LogP contribution in [0.4, 0.5) is 11.4 Å². The zero-order valence-corrected chi connectivity index (χ0v) is 24.9. The third kappa shape index (κ3) is 9.86. The molecule has 0 fully saturated rings. The number of hydrogen-bond acceptors (Lipinski definition) is 10. The molecule has 0 unspecified atom stereocenters. The number of nitrogen functional groups attached to an aromatic ring is 2. The number of aromatic amines is 2. The Balaban J connectivity index is 0.000000324. The van der Waals surface area contributed by atoms with Crippen LogP contribution < -0.4 is 11.5 Å². The molecule has 15 nitrogen and oxygen atoms in total. The van der Waals surface area contributed by atoms with Gasteiger partial charge in [-0.3, -0.25) is 0 Å². The third-order valence-corrected chi connectivity index (χ3v) is 5.21. The molecule has 0 radical (unpaired) electrons. The van der Waals surface area contributed by atoms with E-state index in [-0.39, 0.29) is 25.0 Å². The van der Waals surface area contributed by atoms with Gasteiger partial charge in [0.2, 0.25) is 0 Å². The molecule has 0 aliphatic carbocycles. The largest absolute Gasteiger partial charge is 2.00 e. The fourth-order valence-corrected chi connectivity index (χ4v) is 3.59. The maximum Gasteiger partial charge on any atom is 2.00 e. The molecule has 4 aromatic carbocycles. The molecule has 2 heterocycles. The van der Waals surface area contributed by atoms with Crippen LogP contribution >= 0.6 is 0 Å². The summed E-state index contributed by atoms with van der Waals surface area (Å²) < 4.78 is 0. The van der Waals surface area contributed by atoms with Crippen molar-refractivity contribution in [2.24, 2.45) is 0 Å². The standard InChI is InChI=1S/2C13H11N3.2NO3.H2O.Zn/c2*14-10-6-2-1-5-9(10)13-15-11-7-3-4-8-12(11)16-13;2*2-1(3)4;;/h2*1-8H,14H2,(H,15,16);;;1H2;/q;;2*-1;;+2/p+1. The maximum atomic E-state index is 8.25. The molecule has 42 heavy (non-hydrogen) atoms. The van der Waals surface area contributed by atoms with Crippen molar-refractivity contribution in [1.29, 1.82) is 0 Å². The van der Waals surface area contributed by atoms with E-state index >= 15 is 0 Å². The van der Waals surface area contributed by atoms with Crippen molar-refractivity contribution in [2.45, 2.75) is 0 Å². The molecule has 6 aromatic rings. The zero-order valence-electron chi connectivity index (χ0n) is 21.9. The monoisotopic (exact) mass is 625 g/mol. The Kier molecular flexibility index (Phi) is 13.5. The molecule has 0 amide bonds. The molecule has 9 N–H and O–H groups in total. The van der Waals surface area contributed by atoms with Crippen LogP contribution in [-0.4, -0.2) is 30.1 Å². The summed E-state index contributed by atoms with van der Waals surface area (Å²) in [7, 11) is 0. The Hall–Kier alpha value is -5.60. The van der Waals surface area contributed by atoms with Gasteiger partial charge in [0.15, 0.2) is 0 Å². The van der Waals surface area contributed by atoms with Crippen molar-refractivity contribution in [3.8, 4) is 22.8 Å². The van der Waals surface area contributed by atoms with Crippen molar-refractivity contribution in [1.82, 2.24) is 19.9 Å². The van der Waals surface area contributed by atoms with E-state index in [0.717, 1.165) is 56.2 Å². The minimum atomic E-state index is -1.75. The second-order valence-corrected chi connectivity index (χ2v) is 7.83. The van der Waals surface area contributed by atoms with E-state index in [1.54, 1.807) is 0 Å². The quantitative estimate of drug-likeness (QED) is 0.0697. The van der Waals surface area contributed by atoms with E-state index in [4.69, 9.17) is 42.1 Å². The first-order valence-electron chi connectivity index (χ1n) is 11.4. The number of hydrogen-bond donors (Lipinski definition) is 4. The van der Waals surface area contributed by atoms with E-state index in [0.29, 0.717) is 0 Å². The van der Waals surface area contributed by atoms with Gasteiger partial charge in [-0.1, -0.05) is 48.5 Å². The average Bonchev–Trinajstić information content (AvgIpc) is 3.53. The number of nitrogens with zero attached hydrogens (tertiary/aromatic N) is 4. The number of H-pyrrole nitrogens is 2. The Morgan fingerprint density at radius 3 is 1.14 bits per heavy atom. The number of anilines is 2. The van der Waals surface area contributed by atoms with Crippen molar-refractivity contribution in [3.05, 3.63) is 128 Å². The Labute approximate surface area is 250 Å². The fraction of sp³-hybridized carbons (Fsp3) is 0. The number of rotatable bonds is 2. The van der Waals surface area contributed by atoms with Crippen molar-refractivity contribution in [3.63, 3.8) is 0 Å². The number of para-hydroxylation sites is 6. The molecule has 0 spiro atoms. The second kappa shape index (κ2) is 16.5. The van der Waals surface area contributed by atoms with Gasteiger partial charge in [0, 0.05) is 22.5 Å². The number of aromatic nitrogens is 4. The van der Waals surface area contributed by atoms with Gasteiger partial charge in [-0.05, 0) is 48.5 Å². The number of benzene rings is 4. The van der Waals surface area contributed by atoms with Crippen molar-refractivity contribution >= 4 is 33.4 Å². The molecule has 212 valence electrons. The van der Waals surface area contributed by atoms with Gasteiger partial charge < -0.3 is 57.6 Å². The van der Waals surface area contributed by atoms with Gasteiger partial charge in [0.05, 0.1) is 32.2 Å². The first-order valence-corrected chi connectivity index (χ1v) is 11.4. The van der Waals surface area contributed by atoms with Crippen LogP contribution in [-0.2, 0) is 25.0 Å². The van der Waals surface area contributed by atoms with E-state index in [1.807, 2.05) is 97.1 Å². The van der Waals surface area contributed by atoms with Gasteiger partial charge in [-0.15, -0.1) is 0 Å². The van der Waals surface area contributed by atoms with Crippen LogP contribution in [0, 0.1) is 30.6 Å². The summed E-state index contributed by atoms with van der Waals surface area (Å²) in [6.07, 6.45) is 0. The summed E-state index contributed by atoms with van der Waals surface area (Å²) in [6, 6.07) is 31.3. The molecular formula is C26H25N8O7Zn+. The molecule has 0 saturated heterocycles. The van der Waals surface area contributed by atoms with Gasteiger partial charge in [-0.2, -0.15) is 0 Å². The fourth-order valence-electron chi connectivity index (χ4n) is 3.59. The van der Waals surface area contributed by atoms with Gasteiger partial charge >= 0.3 is 19.5 Å². The first kappa shape index (κ1) is 34.4. The van der Waals surface area contributed by atoms with E-state index in [2.05, 4.69) is 19.9 Å². The molecule has 16 heteroatoms. The van der Waals surface area contributed by atoms with Crippen molar-refractivity contribution < 1.29 is 35.1 Å². The molecule has 6 rings (SSSR count). The molecule has 0 aliphatic heterocycles. The molecule has 0 aliphatic rings. The number of imidazole rings is 2. The molecule has 2 aromatic heterocycles. The smallest absolute Gasteiger partial charge is 0.457 e. The summed E-state index contributed by atoms with van der Waals surface area (Å²) in [4.78, 5) is 32.0. The minimum Gasteiger partial charge on any atom is -0.457 e. The normalized spacial score (nSPS) is 9.33. The first-order chi connectivity index (χ1) is 19.2. The third-order valence-electron chi connectivity index (χ3n) is 5.21. The Morgan fingerprint density at radius 2 is 0.833 bits per heavy atom. The van der Waals surface area contributed by atoms with Gasteiger partial charge in [0.25, 0.3) is 0 Å². The van der Waals surface area contributed by atoms with Crippen LogP contribution in [0.5, 0.6) is 0 Å². The van der Waals surface area contributed by atoms with Crippen LogP contribution in [0.2, 0.25) is 0 Å². The van der Waals surface area contributed by atoms with Crippen LogP contribution in [0.1, 0.15) is 0 Å². The van der Waals surface area contributed by atoms with Gasteiger partial charge in [0.1, 0.15) is 11.6 Å². The summed E-state index contributed by atoms with van der Waals surface area (Å²) in [5.41, 5.74) is 19.2. The molecule has 0 atom stereocenters. The second-order valence-electron chi connectivity index (χ2n) is 7.83. The maximum absolute atomic E-state index is 8.25. The van der Waals surface area contributed by atoms with E-state index in [9.17, 15) is 0 Å². The Morgan fingerprint density at radius 1 is 0.548 bits per heavy atom. The van der Waals surface area contributed by atoms with Crippen LogP contribution in [0.25, 0.3) is 44.8 Å². The number of nitrogens with two attached hydrogens (primary N) is 2. The van der Waals surface area contributed by atoms with Crippen LogP contribution in [0.3, 0.4) is 0 Å². The topological polar surface area (TPSA) is 275 Å². The summed E-state index contributed by atoms with van der Waals surface area (Å²) in [6.45, 7) is 0. The molecule has 0 bridgehead atoms. The van der Waals surface area contributed by atoms with Gasteiger partial charge in [-0.25, -0.2) is 9.97 Å². The summed E-state index contributed by atoms with van der Waals surface area (Å²) >= 11 is 0. The van der Waals surface area contributed by atoms with E-state index in [1.165, 1.54) is 0 Å². The van der Waals surface area contributed by atoms with Crippen molar-refractivity contribution in [2.75, 3.05) is 11.5 Å². The molecule has 0 saturated carbocycles.